The molecule has 0 aliphatic carbocycles. The lowest BCUT2D eigenvalue weighted by molar-refractivity contribution is 0.479. The maximum absolute atomic E-state index is 6.13. The molecule has 0 saturated carbocycles. The van der Waals surface area contributed by atoms with Gasteiger partial charge in [-0.15, -0.1) is 0 Å². The van der Waals surface area contributed by atoms with Crippen LogP contribution in [0.1, 0.15) is 29.0 Å². The van der Waals surface area contributed by atoms with E-state index in [4.69, 9.17) is 28.6 Å². The molecule has 6 rings (SSSR count). The number of ether oxygens (including phenoxy) is 1. The number of benzene rings is 2. The first-order chi connectivity index (χ1) is 18.6. The van der Waals surface area contributed by atoms with E-state index in [0.29, 0.717) is 10.1 Å². The second kappa shape index (κ2) is 10.3. The number of aromatic nitrogens is 3. The third-order valence-corrected chi connectivity index (χ3v) is 7.11. The number of aryl methyl sites for hydroxylation is 1. The van der Waals surface area contributed by atoms with Crippen LogP contribution < -0.4 is 15.0 Å². The SMILES string of the molecule is Cc1ccccc1Oc1ccc(N2C(=S)N[C@@H](c3ccccn3)[C@@H]2c2cccn2-c2ccc(Cl)cn2)cc1. The summed E-state index contributed by atoms with van der Waals surface area (Å²) in [7, 11) is 0. The highest BCUT2D eigenvalue weighted by atomic mass is 35.5. The van der Waals surface area contributed by atoms with Crippen molar-refractivity contribution in [2.24, 2.45) is 0 Å². The van der Waals surface area contributed by atoms with Crippen molar-refractivity contribution in [2.75, 3.05) is 4.90 Å². The van der Waals surface area contributed by atoms with E-state index in [-0.39, 0.29) is 12.1 Å². The van der Waals surface area contributed by atoms with Crippen LogP contribution >= 0.6 is 23.8 Å². The molecule has 3 aromatic heterocycles. The molecule has 5 aromatic rings. The van der Waals surface area contributed by atoms with Crippen LogP contribution in [-0.2, 0) is 0 Å². The topological polar surface area (TPSA) is 55.2 Å². The van der Waals surface area contributed by atoms with Gasteiger partial charge in [-0.05, 0) is 91.4 Å². The predicted molar refractivity (Wildman–Crippen MR) is 154 cm³/mol. The van der Waals surface area contributed by atoms with Gasteiger partial charge in [0.2, 0.25) is 0 Å². The first-order valence-corrected chi connectivity index (χ1v) is 13.0. The highest BCUT2D eigenvalue weighted by molar-refractivity contribution is 7.80. The van der Waals surface area contributed by atoms with Gasteiger partial charge in [0.15, 0.2) is 5.11 Å². The van der Waals surface area contributed by atoms with E-state index in [0.717, 1.165) is 40.0 Å². The molecule has 8 heteroatoms. The summed E-state index contributed by atoms with van der Waals surface area (Å²) in [5, 5.41) is 4.73. The summed E-state index contributed by atoms with van der Waals surface area (Å²) in [5.74, 6) is 2.36. The van der Waals surface area contributed by atoms with Crippen molar-refractivity contribution in [2.45, 2.75) is 19.0 Å². The third-order valence-electron chi connectivity index (χ3n) is 6.58. The van der Waals surface area contributed by atoms with Crippen molar-refractivity contribution in [1.82, 2.24) is 19.9 Å². The minimum Gasteiger partial charge on any atom is -0.457 e. The van der Waals surface area contributed by atoms with Crippen molar-refractivity contribution >= 4 is 34.6 Å². The number of nitrogens with one attached hydrogen (secondary N) is 1. The third kappa shape index (κ3) is 4.62. The number of thiocarbonyl (C=S) groups is 1. The fourth-order valence-electron chi connectivity index (χ4n) is 4.76. The Hall–Kier alpha value is -4.20. The van der Waals surface area contributed by atoms with Gasteiger partial charge in [-0.25, -0.2) is 4.98 Å². The summed E-state index contributed by atoms with van der Waals surface area (Å²) >= 11 is 12.0. The second-order valence-corrected chi connectivity index (χ2v) is 9.82. The zero-order valence-electron chi connectivity index (χ0n) is 20.5. The summed E-state index contributed by atoms with van der Waals surface area (Å²) in [6, 6.07) is 29.4. The standard InChI is InChI=1S/C30H24ClN5OS/c1-20-7-2-3-10-26(20)37-23-14-12-22(13-15-23)36-29(28(34-30(36)38)24-8-4-5-17-32-24)25-9-6-18-35(25)27-16-11-21(31)19-33-27/h2-19,28-29H,1H3,(H,34,38)/t28-,29-/m0/s1. The summed E-state index contributed by atoms with van der Waals surface area (Å²) in [6.07, 6.45) is 5.45. The molecule has 0 radical (unpaired) electrons. The van der Waals surface area contributed by atoms with Crippen LogP contribution in [0.25, 0.3) is 5.82 Å². The Morgan fingerprint density at radius 3 is 2.45 bits per heavy atom. The molecule has 0 spiro atoms. The van der Waals surface area contributed by atoms with Crippen molar-refractivity contribution in [3.63, 3.8) is 0 Å². The van der Waals surface area contributed by atoms with Crippen molar-refractivity contribution < 1.29 is 4.74 Å². The molecule has 188 valence electrons. The minimum absolute atomic E-state index is 0.174. The van der Waals surface area contributed by atoms with E-state index in [9.17, 15) is 0 Å². The van der Waals surface area contributed by atoms with Gasteiger partial charge in [0.25, 0.3) is 0 Å². The Kier molecular flexibility index (Phi) is 6.54. The number of halogens is 1. The molecule has 2 atom stereocenters. The fraction of sp³-hybridized carbons (Fsp3) is 0.100. The molecule has 1 fully saturated rings. The summed E-state index contributed by atoms with van der Waals surface area (Å²) in [5.41, 5.74) is 3.94. The smallest absolute Gasteiger partial charge is 0.174 e. The maximum atomic E-state index is 6.13. The Bertz CT molecular complexity index is 1570. The normalized spacial score (nSPS) is 16.9. The lowest BCUT2D eigenvalue weighted by atomic mass is 10.0. The van der Waals surface area contributed by atoms with Crippen LogP contribution in [0.2, 0.25) is 5.02 Å². The van der Waals surface area contributed by atoms with E-state index in [1.54, 1.807) is 12.4 Å². The molecule has 0 amide bonds. The monoisotopic (exact) mass is 537 g/mol. The average Bonchev–Trinajstić information content (AvgIpc) is 3.56. The van der Waals surface area contributed by atoms with Crippen LogP contribution in [0.5, 0.6) is 11.5 Å². The van der Waals surface area contributed by atoms with E-state index in [1.807, 2.05) is 98.0 Å². The van der Waals surface area contributed by atoms with Crippen LogP contribution in [0, 0.1) is 6.92 Å². The molecular formula is C30H24ClN5OS. The van der Waals surface area contributed by atoms with Gasteiger partial charge in [-0.1, -0.05) is 35.9 Å². The molecule has 6 nitrogen and oxygen atoms in total. The van der Waals surface area contributed by atoms with Crippen molar-refractivity contribution in [3.05, 3.63) is 132 Å². The minimum atomic E-state index is -0.187. The zero-order valence-corrected chi connectivity index (χ0v) is 22.1. The average molecular weight is 538 g/mol. The first-order valence-electron chi connectivity index (χ1n) is 12.2. The quantitative estimate of drug-likeness (QED) is 0.231. The number of para-hydroxylation sites is 1. The van der Waals surface area contributed by atoms with Crippen LogP contribution in [-0.4, -0.2) is 19.6 Å². The Morgan fingerprint density at radius 1 is 0.895 bits per heavy atom. The number of rotatable bonds is 6. The predicted octanol–water partition coefficient (Wildman–Crippen LogP) is 7.20. The number of nitrogens with zero attached hydrogens (tertiary/aromatic N) is 4. The first kappa shape index (κ1) is 24.2. The fourth-order valence-corrected chi connectivity index (χ4v) is 5.22. The highest BCUT2D eigenvalue weighted by Crippen LogP contribution is 2.42. The van der Waals surface area contributed by atoms with Crippen molar-refractivity contribution in [3.8, 4) is 17.3 Å². The van der Waals surface area contributed by atoms with Gasteiger partial charge in [0.05, 0.1) is 16.8 Å². The molecule has 0 bridgehead atoms. The maximum Gasteiger partial charge on any atom is 0.174 e. The Balaban J connectivity index is 1.40. The molecule has 1 aliphatic rings. The van der Waals surface area contributed by atoms with Crippen LogP contribution in [0.15, 0.2) is 110 Å². The number of hydrogen-bond acceptors (Lipinski definition) is 4. The largest absolute Gasteiger partial charge is 0.457 e. The van der Waals surface area contributed by atoms with Crippen LogP contribution in [0.3, 0.4) is 0 Å². The second-order valence-electron chi connectivity index (χ2n) is 9.00. The summed E-state index contributed by atoms with van der Waals surface area (Å²) in [4.78, 5) is 11.3. The number of hydrogen-bond donors (Lipinski definition) is 1. The van der Waals surface area contributed by atoms with Crippen molar-refractivity contribution in [1.29, 1.82) is 0 Å². The summed E-state index contributed by atoms with van der Waals surface area (Å²) in [6.45, 7) is 2.03. The molecule has 2 aromatic carbocycles. The van der Waals surface area contributed by atoms with Gasteiger partial charge in [0.1, 0.15) is 23.4 Å². The van der Waals surface area contributed by atoms with E-state index < -0.39 is 0 Å². The zero-order chi connectivity index (χ0) is 26.1. The number of anilines is 1. The van der Waals surface area contributed by atoms with Gasteiger partial charge < -0.3 is 19.5 Å². The van der Waals surface area contributed by atoms with Gasteiger partial charge in [-0.3, -0.25) is 4.98 Å². The van der Waals surface area contributed by atoms with Gasteiger partial charge >= 0.3 is 0 Å². The van der Waals surface area contributed by atoms with Crippen LogP contribution in [0.4, 0.5) is 5.69 Å². The molecule has 1 N–H and O–H groups in total. The molecule has 0 unspecified atom stereocenters. The lowest BCUT2D eigenvalue weighted by Gasteiger charge is -2.29. The van der Waals surface area contributed by atoms with E-state index in [1.165, 1.54) is 0 Å². The van der Waals surface area contributed by atoms with E-state index >= 15 is 0 Å². The van der Waals surface area contributed by atoms with Gasteiger partial charge in [-0.2, -0.15) is 0 Å². The van der Waals surface area contributed by atoms with Gasteiger partial charge in [0, 0.05) is 30.0 Å². The molecule has 38 heavy (non-hydrogen) atoms. The molecule has 1 aliphatic heterocycles. The molecular weight excluding hydrogens is 514 g/mol. The molecule has 1 saturated heterocycles. The molecule has 4 heterocycles. The highest BCUT2D eigenvalue weighted by Gasteiger charge is 2.42. The lowest BCUT2D eigenvalue weighted by Crippen LogP contribution is -2.30. The summed E-state index contributed by atoms with van der Waals surface area (Å²) < 4.78 is 8.19. The van der Waals surface area contributed by atoms with E-state index in [2.05, 4.69) is 30.8 Å². The Labute approximate surface area is 231 Å². The Morgan fingerprint density at radius 2 is 1.71 bits per heavy atom. The number of pyridine rings is 2.